The summed E-state index contributed by atoms with van der Waals surface area (Å²) in [5.74, 6) is -0.413. The van der Waals surface area contributed by atoms with Crippen LogP contribution in [-0.4, -0.2) is 45.9 Å². The van der Waals surface area contributed by atoms with Crippen LogP contribution in [0.15, 0.2) is 42.5 Å². The lowest BCUT2D eigenvalue weighted by Crippen LogP contribution is -2.49. The van der Waals surface area contributed by atoms with Crippen molar-refractivity contribution in [1.82, 2.24) is 9.80 Å². The molecule has 0 aromatic heterocycles. The second-order valence-electron chi connectivity index (χ2n) is 6.62. The number of thioether (sulfide) groups is 1. The van der Waals surface area contributed by atoms with Crippen LogP contribution in [-0.2, 0) is 4.79 Å². The number of carbonyl (C=O) groups excluding carboxylic acids is 3. The Morgan fingerprint density at radius 1 is 1.11 bits per heavy atom. The minimum Gasteiger partial charge on any atom is -0.324 e. The van der Waals surface area contributed by atoms with Gasteiger partial charge in [0, 0.05) is 27.9 Å². The number of rotatable bonds is 3. The Kier molecular flexibility index (Phi) is 5.12. The molecule has 4 rings (SSSR count). The second-order valence-corrected chi connectivity index (χ2v) is 8.65. The van der Waals surface area contributed by atoms with Gasteiger partial charge in [0.05, 0.1) is 11.1 Å². The molecular weight excluding hydrogens is 419 g/mol. The average Bonchev–Trinajstić information content (AvgIpc) is 3.25. The molecule has 2 aromatic carbocycles. The van der Waals surface area contributed by atoms with Gasteiger partial charge in [-0.25, -0.2) is 0 Å². The van der Waals surface area contributed by atoms with Crippen molar-refractivity contribution in [3.05, 3.63) is 69.2 Å². The minimum atomic E-state index is -0.903. The molecular formula is C20H16Cl2N2O3S. The Bertz CT molecular complexity index is 962. The highest BCUT2D eigenvalue weighted by Crippen LogP contribution is 2.42. The normalized spacial score (nSPS) is 19.9. The maximum atomic E-state index is 13.2. The van der Waals surface area contributed by atoms with Crippen LogP contribution in [0, 0.1) is 0 Å². The number of imide groups is 1. The van der Waals surface area contributed by atoms with E-state index in [0.29, 0.717) is 27.7 Å². The standard InChI is InChI=1S/C20H16Cl2N2O3S/c1-11(24-18(26)13-4-2-3-5-14(13)19(24)27)17(25)23-8-9-28-20(23)15-7-6-12(21)10-16(15)22/h2-7,10-11,20H,8-9H2,1H3. The molecule has 1 fully saturated rings. The fourth-order valence-electron chi connectivity index (χ4n) is 3.57. The predicted molar refractivity (Wildman–Crippen MR) is 110 cm³/mol. The zero-order chi connectivity index (χ0) is 20.0. The smallest absolute Gasteiger partial charge is 0.262 e. The molecule has 8 heteroatoms. The summed E-state index contributed by atoms with van der Waals surface area (Å²) in [4.78, 5) is 41.4. The van der Waals surface area contributed by atoms with Crippen molar-refractivity contribution in [2.24, 2.45) is 0 Å². The van der Waals surface area contributed by atoms with E-state index in [-0.39, 0.29) is 11.3 Å². The van der Waals surface area contributed by atoms with Gasteiger partial charge in [0.1, 0.15) is 11.4 Å². The Morgan fingerprint density at radius 3 is 2.36 bits per heavy atom. The summed E-state index contributed by atoms with van der Waals surface area (Å²) in [6.07, 6.45) is 0. The van der Waals surface area contributed by atoms with Crippen molar-refractivity contribution in [3.8, 4) is 0 Å². The summed E-state index contributed by atoms with van der Waals surface area (Å²) in [7, 11) is 0. The molecule has 5 nitrogen and oxygen atoms in total. The van der Waals surface area contributed by atoms with Crippen molar-refractivity contribution in [3.63, 3.8) is 0 Å². The SMILES string of the molecule is CC(C(=O)N1CCSC1c1ccc(Cl)cc1Cl)N1C(=O)c2ccccc2C1=O. The van der Waals surface area contributed by atoms with Crippen LogP contribution in [0.5, 0.6) is 0 Å². The van der Waals surface area contributed by atoms with Gasteiger partial charge in [-0.15, -0.1) is 11.8 Å². The molecule has 3 amide bonds. The molecule has 144 valence electrons. The van der Waals surface area contributed by atoms with Crippen LogP contribution in [0.25, 0.3) is 0 Å². The molecule has 1 saturated heterocycles. The van der Waals surface area contributed by atoms with E-state index < -0.39 is 17.9 Å². The van der Waals surface area contributed by atoms with Gasteiger partial charge in [0.2, 0.25) is 5.91 Å². The average molecular weight is 435 g/mol. The quantitative estimate of drug-likeness (QED) is 0.677. The number of amides is 3. The van der Waals surface area contributed by atoms with Crippen LogP contribution in [0.3, 0.4) is 0 Å². The summed E-state index contributed by atoms with van der Waals surface area (Å²) < 4.78 is 0. The summed E-state index contributed by atoms with van der Waals surface area (Å²) >= 11 is 13.9. The van der Waals surface area contributed by atoms with Gasteiger partial charge >= 0.3 is 0 Å². The fourth-order valence-corrected chi connectivity index (χ4v) is 5.44. The van der Waals surface area contributed by atoms with E-state index in [4.69, 9.17) is 23.2 Å². The van der Waals surface area contributed by atoms with Crippen LogP contribution >= 0.6 is 35.0 Å². The Hall–Kier alpha value is -2.02. The van der Waals surface area contributed by atoms with E-state index in [0.717, 1.165) is 16.2 Å². The zero-order valence-corrected chi connectivity index (χ0v) is 17.2. The van der Waals surface area contributed by atoms with E-state index >= 15 is 0 Å². The highest BCUT2D eigenvalue weighted by atomic mass is 35.5. The molecule has 0 saturated carbocycles. The molecule has 2 aliphatic rings. The Balaban J connectivity index is 1.60. The summed E-state index contributed by atoms with van der Waals surface area (Å²) in [5.41, 5.74) is 1.46. The largest absolute Gasteiger partial charge is 0.324 e. The summed E-state index contributed by atoms with van der Waals surface area (Å²) in [5, 5.41) is 0.724. The molecule has 2 atom stereocenters. The first kappa shape index (κ1) is 19.3. The molecule has 0 spiro atoms. The predicted octanol–water partition coefficient (Wildman–Crippen LogP) is 4.25. The monoisotopic (exact) mass is 434 g/mol. The number of halogens is 2. The van der Waals surface area contributed by atoms with Gasteiger partial charge in [0.25, 0.3) is 11.8 Å². The second kappa shape index (κ2) is 7.43. The minimum absolute atomic E-state index is 0.282. The number of benzene rings is 2. The van der Waals surface area contributed by atoms with Crippen LogP contribution in [0.1, 0.15) is 38.6 Å². The van der Waals surface area contributed by atoms with E-state index in [1.165, 1.54) is 0 Å². The number of nitrogens with zero attached hydrogens (tertiary/aromatic N) is 2. The van der Waals surface area contributed by atoms with Crippen LogP contribution < -0.4 is 0 Å². The van der Waals surface area contributed by atoms with Gasteiger partial charge in [-0.1, -0.05) is 41.4 Å². The molecule has 2 unspecified atom stereocenters. The first-order chi connectivity index (χ1) is 13.4. The number of hydrogen-bond acceptors (Lipinski definition) is 4. The van der Waals surface area contributed by atoms with Gasteiger partial charge in [-0.3, -0.25) is 19.3 Å². The highest BCUT2D eigenvalue weighted by molar-refractivity contribution is 7.99. The molecule has 0 N–H and O–H groups in total. The number of fused-ring (bicyclic) bond motifs is 1. The maximum Gasteiger partial charge on any atom is 0.262 e. The lowest BCUT2D eigenvalue weighted by molar-refractivity contribution is -0.135. The van der Waals surface area contributed by atoms with Crippen molar-refractivity contribution in [1.29, 1.82) is 0 Å². The van der Waals surface area contributed by atoms with Crippen molar-refractivity contribution < 1.29 is 14.4 Å². The van der Waals surface area contributed by atoms with Crippen LogP contribution in [0.4, 0.5) is 0 Å². The first-order valence-electron chi connectivity index (χ1n) is 8.74. The number of carbonyl (C=O) groups is 3. The van der Waals surface area contributed by atoms with E-state index in [1.807, 2.05) is 0 Å². The van der Waals surface area contributed by atoms with Crippen LogP contribution in [0.2, 0.25) is 10.0 Å². The van der Waals surface area contributed by atoms with Gasteiger partial charge < -0.3 is 4.90 Å². The molecule has 28 heavy (non-hydrogen) atoms. The lowest BCUT2D eigenvalue weighted by atomic mass is 10.1. The first-order valence-corrected chi connectivity index (χ1v) is 10.5. The third-order valence-electron chi connectivity index (χ3n) is 4.97. The Labute approximate surface area is 176 Å². The van der Waals surface area contributed by atoms with E-state index in [1.54, 1.807) is 66.1 Å². The molecule has 2 heterocycles. The molecule has 2 aromatic rings. The summed E-state index contributed by atoms with van der Waals surface area (Å²) in [6.45, 7) is 2.11. The van der Waals surface area contributed by atoms with Crippen molar-refractivity contribution in [2.75, 3.05) is 12.3 Å². The summed E-state index contributed by atoms with van der Waals surface area (Å²) in [6, 6.07) is 10.9. The molecule has 2 aliphatic heterocycles. The molecule has 0 bridgehead atoms. The Morgan fingerprint density at radius 2 is 1.75 bits per heavy atom. The fraction of sp³-hybridized carbons (Fsp3) is 0.250. The third-order valence-corrected chi connectivity index (χ3v) is 6.78. The lowest BCUT2D eigenvalue weighted by Gasteiger charge is -2.30. The number of hydrogen-bond donors (Lipinski definition) is 0. The van der Waals surface area contributed by atoms with Crippen molar-refractivity contribution >= 4 is 52.7 Å². The maximum absolute atomic E-state index is 13.2. The topological polar surface area (TPSA) is 57.7 Å². The molecule has 0 radical (unpaired) electrons. The third kappa shape index (κ3) is 3.09. The highest BCUT2D eigenvalue weighted by Gasteiger charge is 2.43. The van der Waals surface area contributed by atoms with Crippen molar-refractivity contribution in [2.45, 2.75) is 18.3 Å². The molecule has 0 aliphatic carbocycles. The van der Waals surface area contributed by atoms with Gasteiger partial charge in [0.15, 0.2) is 0 Å². The zero-order valence-electron chi connectivity index (χ0n) is 14.9. The van der Waals surface area contributed by atoms with Gasteiger partial charge in [-0.2, -0.15) is 0 Å². The van der Waals surface area contributed by atoms with E-state index in [9.17, 15) is 14.4 Å². The van der Waals surface area contributed by atoms with Gasteiger partial charge in [-0.05, 0) is 31.2 Å². The van der Waals surface area contributed by atoms with E-state index in [2.05, 4.69) is 0 Å².